The fraction of sp³-hybridized carbons (Fsp3) is 0.545. The van der Waals surface area contributed by atoms with Gasteiger partial charge >= 0.3 is 0 Å². The maximum absolute atomic E-state index is 10.9. The Kier molecular flexibility index (Phi) is 3.90. The average Bonchev–Trinajstić information content (AvgIpc) is 3.02. The third-order valence-electron chi connectivity index (χ3n) is 6.77. The molecular formula is C22H26BrNO2. The van der Waals surface area contributed by atoms with Gasteiger partial charge in [0.25, 0.3) is 0 Å². The number of halogens is 1. The fourth-order valence-electron chi connectivity index (χ4n) is 6.12. The number of furan rings is 1. The van der Waals surface area contributed by atoms with Crippen molar-refractivity contribution in [1.29, 1.82) is 0 Å². The molecule has 4 aliphatic rings. The summed E-state index contributed by atoms with van der Waals surface area (Å²) >= 11 is 3.55. The van der Waals surface area contributed by atoms with Crippen molar-refractivity contribution in [2.75, 3.05) is 0 Å². The number of hydrogen-bond acceptors (Lipinski definition) is 3. The van der Waals surface area contributed by atoms with Gasteiger partial charge in [0, 0.05) is 15.6 Å². The zero-order valence-corrected chi connectivity index (χ0v) is 16.8. The normalized spacial score (nSPS) is 35.2. The predicted molar refractivity (Wildman–Crippen MR) is 106 cm³/mol. The van der Waals surface area contributed by atoms with Crippen LogP contribution in [-0.4, -0.2) is 16.2 Å². The van der Waals surface area contributed by atoms with Crippen LogP contribution < -0.4 is 5.32 Å². The highest BCUT2D eigenvalue weighted by atomic mass is 79.9. The van der Waals surface area contributed by atoms with E-state index in [1.54, 1.807) is 0 Å². The molecule has 4 saturated carbocycles. The number of hydrogen-bond donors (Lipinski definition) is 2. The summed E-state index contributed by atoms with van der Waals surface area (Å²) in [5, 5.41) is 14.7. The topological polar surface area (TPSA) is 45.4 Å². The first-order chi connectivity index (χ1) is 12.4. The zero-order chi connectivity index (χ0) is 17.9. The number of aliphatic hydroxyl groups is 1. The van der Waals surface area contributed by atoms with E-state index in [9.17, 15) is 5.11 Å². The molecule has 0 amide bonds. The van der Waals surface area contributed by atoms with Crippen molar-refractivity contribution >= 4 is 15.9 Å². The molecule has 2 aromatic rings. The van der Waals surface area contributed by atoms with E-state index >= 15 is 0 Å². The molecule has 138 valence electrons. The van der Waals surface area contributed by atoms with E-state index < -0.39 is 5.60 Å². The van der Waals surface area contributed by atoms with Gasteiger partial charge < -0.3 is 14.8 Å². The maximum atomic E-state index is 10.9. The molecule has 3 nitrogen and oxygen atoms in total. The first-order valence-electron chi connectivity index (χ1n) is 9.75. The van der Waals surface area contributed by atoms with E-state index in [1.807, 2.05) is 0 Å². The van der Waals surface area contributed by atoms with Gasteiger partial charge in [0.2, 0.25) is 0 Å². The third-order valence-corrected chi connectivity index (χ3v) is 7.66. The summed E-state index contributed by atoms with van der Waals surface area (Å²) in [6.07, 6.45) is 6.68. The summed E-state index contributed by atoms with van der Waals surface area (Å²) in [7, 11) is 0. The van der Waals surface area contributed by atoms with Crippen molar-refractivity contribution in [1.82, 2.24) is 5.32 Å². The van der Waals surface area contributed by atoms with Gasteiger partial charge in [0.15, 0.2) is 0 Å². The van der Waals surface area contributed by atoms with Gasteiger partial charge in [-0.3, -0.25) is 0 Å². The largest absolute Gasteiger partial charge is 0.460 e. The molecule has 1 aromatic heterocycles. The molecule has 4 bridgehead atoms. The lowest BCUT2D eigenvalue weighted by molar-refractivity contribution is -0.143. The van der Waals surface area contributed by atoms with Gasteiger partial charge in [-0.1, -0.05) is 22.0 Å². The van der Waals surface area contributed by atoms with Crippen molar-refractivity contribution in [3.63, 3.8) is 0 Å². The molecular weight excluding hydrogens is 390 g/mol. The minimum atomic E-state index is -0.416. The van der Waals surface area contributed by atoms with E-state index in [0.717, 1.165) is 47.4 Å². The van der Waals surface area contributed by atoms with Gasteiger partial charge in [-0.15, -0.1) is 0 Å². The molecule has 0 saturated heterocycles. The van der Waals surface area contributed by atoms with Crippen LogP contribution in [0.4, 0.5) is 0 Å². The Morgan fingerprint density at radius 1 is 1.15 bits per heavy atom. The van der Waals surface area contributed by atoms with Crippen LogP contribution in [0.2, 0.25) is 0 Å². The smallest absolute Gasteiger partial charge is 0.134 e. The van der Waals surface area contributed by atoms with E-state index in [1.165, 1.54) is 24.8 Å². The number of aryl methyl sites for hydroxylation is 1. The van der Waals surface area contributed by atoms with Crippen LogP contribution in [0.5, 0.6) is 0 Å². The molecule has 6 rings (SSSR count). The predicted octanol–water partition coefficient (Wildman–Crippen LogP) is 5.19. The van der Waals surface area contributed by atoms with Crippen molar-refractivity contribution in [3.05, 3.63) is 46.1 Å². The van der Waals surface area contributed by atoms with Crippen molar-refractivity contribution in [2.45, 2.75) is 63.1 Å². The molecule has 4 aliphatic carbocycles. The van der Waals surface area contributed by atoms with Crippen LogP contribution in [-0.2, 0) is 6.54 Å². The van der Waals surface area contributed by atoms with E-state index in [4.69, 9.17) is 4.42 Å². The van der Waals surface area contributed by atoms with Gasteiger partial charge in [-0.25, -0.2) is 0 Å². The summed E-state index contributed by atoms with van der Waals surface area (Å²) in [4.78, 5) is 0. The molecule has 0 radical (unpaired) electrons. The quantitative estimate of drug-likeness (QED) is 0.721. The second-order valence-electron chi connectivity index (χ2n) is 9.05. The number of rotatable bonds is 4. The molecule has 0 spiro atoms. The monoisotopic (exact) mass is 415 g/mol. The first kappa shape index (κ1) is 17.0. The van der Waals surface area contributed by atoms with Gasteiger partial charge in [-0.2, -0.15) is 0 Å². The van der Waals surface area contributed by atoms with E-state index in [0.29, 0.717) is 11.8 Å². The third kappa shape index (κ3) is 2.96. The van der Waals surface area contributed by atoms with Crippen LogP contribution in [0, 0.1) is 18.8 Å². The summed E-state index contributed by atoms with van der Waals surface area (Å²) < 4.78 is 7.23. The molecule has 4 fully saturated rings. The Bertz CT molecular complexity index is 828. The Balaban J connectivity index is 1.31. The molecule has 0 aliphatic heterocycles. The van der Waals surface area contributed by atoms with Gasteiger partial charge in [-0.05, 0) is 87.1 Å². The van der Waals surface area contributed by atoms with Crippen LogP contribution >= 0.6 is 15.9 Å². The van der Waals surface area contributed by atoms with Crippen molar-refractivity contribution in [2.24, 2.45) is 11.8 Å². The van der Waals surface area contributed by atoms with Gasteiger partial charge in [0.05, 0.1) is 12.1 Å². The zero-order valence-electron chi connectivity index (χ0n) is 15.2. The molecule has 2 unspecified atom stereocenters. The lowest BCUT2D eigenvalue weighted by Crippen LogP contribution is -2.64. The Hall–Kier alpha value is -1.10. The standard InChI is InChI=1S/C22H26BrNO2/c1-14-6-17(2-4-19(14)23)20-5-3-18(26-20)12-24-21-8-15-7-16(9-21)11-22(25,10-15)13-21/h2-6,15-16,24-25H,7-13H2,1H3. The summed E-state index contributed by atoms with van der Waals surface area (Å²) in [5.41, 5.74) is 2.02. The molecule has 2 N–H and O–H groups in total. The van der Waals surface area contributed by atoms with E-state index in [-0.39, 0.29) is 5.54 Å². The number of nitrogens with one attached hydrogen (secondary N) is 1. The Labute approximate surface area is 163 Å². The Morgan fingerprint density at radius 2 is 1.92 bits per heavy atom. The molecule has 4 heteroatoms. The highest BCUT2D eigenvalue weighted by molar-refractivity contribution is 9.10. The number of benzene rings is 1. The minimum Gasteiger partial charge on any atom is -0.460 e. The maximum Gasteiger partial charge on any atom is 0.134 e. The van der Waals surface area contributed by atoms with Crippen LogP contribution in [0.1, 0.15) is 49.8 Å². The highest BCUT2D eigenvalue weighted by Crippen LogP contribution is 2.57. The summed E-state index contributed by atoms with van der Waals surface area (Å²) in [6, 6.07) is 10.4. The molecule has 26 heavy (non-hydrogen) atoms. The lowest BCUT2D eigenvalue weighted by Gasteiger charge is -2.60. The van der Waals surface area contributed by atoms with Crippen LogP contribution in [0.15, 0.2) is 39.2 Å². The second-order valence-corrected chi connectivity index (χ2v) is 9.90. The molecule has 1 heterocycles. The average molecular weight is 416 g/mol. The fourth-order valence-corrected chi connectivity index (χ4v) is 6.37. The summed E-state index contributed by atoms with van der Waals surface area (Å²) in [5.74, 6) is 3.29. The molecule has 2 atom stereocenters. The SMILES string of the molecule is Cc1cc(-c2ccc(CNC34CC5CC(CC(O)(C5)C3)C4)o2)ccc1Br. The Morgan fingerprint density at radius 3 is 2.62 bits per heavy atom. The second kappa shape index (κ2) is 5.95. The van der Waals surface area contributed by atoms with Crippen molar-refractivity contribution < 1.29 is 9.52 Å². The van der Waals surface area contributed by atoms with Crippen LogP contribution in [0.3, 0.4) is 0 Å². The molecule has 1 aromatic carbocycles. The van der Waals surface area contributed by atoms with Gasteiger partial charge in [0.1, 0.15) is 11.5 Å². The van der Waals surface area contributed by atoms with Crippen molar-refractivity contribution in [3.8, 4) is 11.3 Å². The summed E-state index contributed by atoms with van der Waals surface area (Å²) in [6.45, 7) is 2.84. The van der Waals surface area contributed by atoms with E-state index in [2.05, 4.69) is 58.5 Å². The highest BCUT2D eigenvalue weighted by Gasteiger charge is 2.56. The first-order valence-corrected chi connectivity index (χ1v) is 10.5. The minimum absolute atomic E-state index is 0.111. The lowest BCUT2D eigenvalue weighted by atomic mass is 9.51. The van der Waals surface area contributed by atoms with Crippen LogP contribution in [0.25, 0.3) is 11.3 Å².